The van der Waals surface area contributed by atoms with E-state index in [9.17, 15) is 0 Å². The Hall–Kier alpha value is -1.84. The Morgan fingerprint density at radius 2 is 1.47 bits per heavy atom. The second-order valence-electron chi connectivity index (χ2n) is 4.05. The fourth-order valence-corrected chi connectivity index (χ4v) is 1.85. The summed E-state index contributed by atoms with van der Waals surface area (Å²) in [6.45, 7) is 6.20. The van der Waals surface area contributed by atoms with Crippen molar-refractivity contribution in [2.45, 2.75) is 20.8 Å². The highest BCUT2D eigenvalue weighted by Crippen LogP contribution is 2.29. The van der Waals surface area contributed by atoms with Gasteiger partial charge in [-0.05, 0) is 43.5 Å². The van der Waals surface area contributed by atoms with Crippen molar-refractivity contribution in [3.05, 3.63) is 22.8 Å². The van der Waals surface area contributed by atoms with Crippen molar-refractivity contribution >= 4 is 11.0 Å². The van der Waals surface area contributed by atoms with E-state index in [-0.39, 0.29) is 0 Å². The van der Waals surface area contributed by atoms with Crippen molar-refractivity contribution in [2.75, 3.05) is 14.2 Å². The summed E-state index contributed by atoms with van der Waals surface area (Å²) in [4.78, 5) is 8.87. The van der Waals surface area contributed by atoms with Gasteiger partial charge >= 0.3 is 0 Å². The highest BCUT2D eigenvalue weighted by molar-refractivity contribution is 5.81. The smallest absolute Gasteiger partial charge is 0.278 e. The van der Waals surface area contributed by atoms with Crippen LogP contribution in [0.1, 0.15) is 16.7 Å². The number of aryl methyl sites for hydroxylation is 2. The molecular formula is C13H16N2O2. The molecule has 2 aromatic rings. The van der Waals surface area contributed by atoms with Crippen molar-refractivity contribution in [3.63, 3.8) is 0 Å². The van der Waals surface area contributed by atoms with Gasteiger partial charge in [-0.1, -0.05) is 0 Å². The maximum atomic E-state index is 5.17. The maximum absolute atomic E-state index is 5.17. The number of benzene rings is 1. The molecule has 1 heterocycles. The normalized spacial score (nSPS) is 10.6. The molecule has 0 aliphatic heterocycles. The van der Waals surface area contributed by atoms with E-state index in [4.69, 9.17) is 9.47 Å². The standard InChI is InChI=1S/C13H16N2O2/c1-7-6-10-11(9(3)8(7)2)15-13(17-5)12(14-10)16-4/h6H,1-5H3. The summed E-state index contributed by atoms with van der Waals surface area (Å²) in [6, 6.07) is 2.02. The van der Waals surface area contributed by atoms with E-state index in [0.29, 0.717) is 11.8 Å². The average Bonchev–Trinajstić information content (AvgIpc) is 2.34. The molecule has 0 unspecified atom stereocenters. The van der Waals surface area contributed by atoms with Crippen LogP contribution < -0.4 is 9.47 Å². The molecule has 0 bridgehead atoms. The summed E-state index contributed by atoms with van der Waals surface area (Å²) < 4.78 is 10.3. The molecule has 17 heavy (non-hydrogen) atoms. The van der Waals surface area contributed by atoms with Gasteiger partial charge in [0.1, 0.15) is 0 Å². The molecule has 0 aliphatic rings. The van der Waals surface area contributed by atoms with E-state index in [1.54, 1.807) is 14.2 Å². The first-order valence-electron chi connectivity index (χ1n) is 5.45. The minimum atomic E-state index is 0.419. The van der Waals surface area contributed by atoms with Crippen molar-refractivity contribution in [2.24, 2.45) is 0 Å². The van der Waals surface area contributed by atoms with Crippen LogP contribution in [0.4, 0.5) is 0 Å². The highest BCUT2D eigenvalue weighted by atomic mass is 16.5. The average molecular weight is 232 g/mol. The summed E-state index contributed by atoms with van der Waals surface area (Å²) in [5.41, 5.74) is 5.28. The SMILES string of the molecule is COc1nc2cc(C)c(C)c(C)c2nc1OC. The van der Waals surface area contributed by atoms with Crippen LogP contribution in [0.15, 0.2) is 6.07 Å². The molecule has 0 fully saturated rings. The Labute approximate surface area is 101 Å². The minimum Gasteiger partial charge on any atom is -0.477 e. The Balaban J connectivity index is 2.83. The lowest BCUT2D eigenvalue weighted by molar-refractivity contribution is 0.334. The zero-order chi connectivity index (χ0) is 12.6. The zero-order valence-electron chi connectivity index (χ0n) is 10.8. The van der Waals surface area contributed by atoms with Crippen LogP contribution in [0, 0.1) is 20.8 Å². The van der Waals surface area contributed by atoms with E-state index in [0.717, 1.165) is 16.6 Å². The lowest BCUT2D eigenvalue weighted by atomic mass is 10.0. The topological polar surface area (TPSA) is 44.2 Å². The van der Waals surface area contributed by atoms with Crippen LogP contribution in [-0.4, -0.2) is 24.2 Å². The number of ether oxygens (including phenoxy) is 2. The van der Waals surface area contributed by atoms with Crippen LogP contribution in [0.2, 0.25) is 0 Å². The lowest BCUT2D eigenvalue weighted by Crippen LogP contribution is -2.00. The van der Waals surface area contributed by atoms with Gasteiger partial charge in [-0.3, -0.25) is 0 Å². The molecule has 4 nitrogen and oxygen atoms in total. The maximum Gasteiger partial charge on any atom is 0.278 e. The molecule has 0 N–H and O–H groups in total. The largest absolute Gasteiger partial charge is 0.477 e. The Morgan fingerprint density at radius 1 is 0.882 bits per heavy atom. The summed E-state index contributed by atoms with van der Waals surface area (Å²) in [5, 5.41) is 0. The monoisotopic (exact) mass is 232 g/mol. The molecule has 0 saturated heterocycles. The number of methoxy groups -OCH3 is 2. The lowest BCUT2D eigenvalue weighted by Gasteiger charge is -2.11. The zero-order valence-corrected chi connectivity index (χ0v) is 10.8. The molecule has 1 aromatic carbocycles. The van der Waals surface area contributed by atoms with E-state index >= 15 is 0 Å². The summed E-state index contributed by atoms with van der Waals surface area (Å²) in [6.07, 6.45) is 0. The van der Waals surface area contributed by atoms with Crippen LogP contribution in [0.3, 0.4) is 0 Å². The van der Waals surface area contributed by atoms with Gasteiger partial charge in [0.15, 0.2) is 0 Å². The third-order valence-electron chi connectivity index (χ3n) is 3.11. The molecule has 0 saturated carbocycles. The van der Waals surface area contributed by atoms with Gasteiger partial charge in [-0.15, -0.1) is 0 Å². The Bertz CT molecular complexity index is 579. The van der Waals surface area contributed by atoms with Gasteiger partial charge < -0.3 is 9.47 Å². The quantitative estimate of drug-likeness (QED) is 0.798. The second kappa shape index (κ2) is 4.20. The molecule has 0 amide bonds. The molecule has 90 valence electrons. The molecule has 0 aliphatic carbocycles. The van der Waals surface area contributed by atoms with Gasteiger partial charge in [0.25, 0.3) is 11.8 Å². The van der Waals surface area contributed by atoms with Crippen LogP contribution in [-0.2, 0) is 0 Å². The number of rotatable bonds is 2. The van der Waals surface area contributed by atoms with E-state index in [1.165, 1.54) is 11.1 Å². The molecule has 0 spiro atoms. The summed E-state index contributed by atoms with van der Waals surface area (Å²) >= 11 is 0. The summed E-state index contributed by atoms with van der Waals surface area (Å²) in [5.74, 6) is 0.842. The van der Waals surface area contributed by atoms with E-state index in [1.807, 2.05) is 13.0 Å². The molecule has 0 radical (unpaired) electrons. The van der Waals surface area contributed by atoms with Crippen LogP contribution in [0.25, 0.3) is 11.0 Å². The predicted molar refractivity (Wildman–Crippen MR) is 66.9 cm³/mol. The molecule has 2 rings (SSSR count). The first-order chi connectivity index (χ1) is 8.08. The number of nitrogens with zero attached hydrogens (tertiary/aromatic N) is 2. The van der Waals surface area contributed by atoms with Gasteiger partial charge in [0, 0.05) is 0 Å². The number of hydrogen-bond donors (Lipinski definition) is 0. The number of fused-ring (bicyclic) bond motifs is 1. The van der Waals surface area contributed by atoms with Gasteiger partial charge in [0.2, 0.25) is 0 Å². The Morgan fingerprint density at radius 3 is 2.06 bits per heavy atom. The van der Waals surface area contributed by atoms with Gasteiger partial charge in [-0.2, -0.15) is 0 Å². The minimum absolute atomic E-state index is 0.419. The van der Waals surface area contributed by atoms with Crippen molar-refractivity contribution < 1.29 is 9.47 Å². The first kappa shape index (κ1) is 11.6. The van der Waals surface area contributed by atoms with Gasteiger partial charge in [-0.25, -0.2) is 9.97 Å². The third-order valence-corrected chi connectivity index (χ3v) is 3.11. The second-order valence-corrected chi connectivity index (χ2v) is 4.05. The van der Waals surface area contributed by atoms with E-state index < -0.39 is 0 Å². The van der Waals surface area contributed by atoms with Gasteiger partial charge in [0.05, 0.1) is 25.3 Å². The number of hydrogen-bond acceptors (Lipinski definition) is 4. The molecule has 4 heteroatoms. The number of aromatic nitrogens is 2. The fourth-order valence-electron chi connectivity index (χ4n) is 1.85. The van der Waals surface area contributed by atoms with E-state index in [2.05, 4.69) is 23.8 Å². The first-order valence-corrected chi connectivity index (χ1v) is 5.45. The van der Waals surface area contributed by atoms with Crippen molar-refractivity contribution in [1.82, 2.24) is 9.97 Å². The molecule has 0 atom stereocenters. The third kappa shape index (κ3) is 1.79. The van der Waals surface area contributed by atoms with Crippen molar-refractivity contribution in [1.29, 1.82) is 0 Å². The summed E-state index contributed by atoms with van der Waals surface area (Å²) in [7, 11) is 3.13. The van der Waals surface area contributed by atoms with Crippen LogP contribution >= 0.6 is 0 Å². The fraction of sp³-hybridized carbons (Fsp3) is 0.385. The predicted octanol–water partition coefficient (Wildman–Crippen LogP) is 2.57. The molecule has 1 aromatic heterocycles. The van der Waals surface area contributed by atoms with Crippen molar-refractivity contribution in [3.8, 4) is 11.8 Å². The molecular weight excluding hydrogens is 216 g/mol. The van der Waals surface area contributed by atoms with Crippen LogP contribution in [0.5, 0.6) is 11.8 Å². The highest BCUT2D eigenvalue weighted by Gasteiger charge is 2.13. The Kier molecular flexibility index (Phi) is 2.88.